The van der Waals surface area contributed by atoms with Gasteiger partial charge in [-0.2, -0.15) is 11.3 Å². The molecule has 0 aliphatic carbocycles. The number of esters is 1. The van der Waals surface area contributed by atoms with Gasteiger partial charge >= 0.3 is 5.97 Å². The summed E-state index contributed by atoms with van der Waals surface area (Å²) < 4.78 is 4.53. The lowest BCUT2D eigenvalue weighted by Gasteiger charge is -2.01. The van der Waals surface area contributed by atoms with E-state index in [1.807, 2.05) is 28.3 Å². The molecule has 0 spiro atoms. The van der Waals surface area contributed by atoms with Gasteiger partial charge in [0.15, 0.2) is 5.78 Å². The molecule has 3 nitrogen and oxygen atoms in total. The number of ketones is 1. The zero-order chi connectivity index (χ0) is 13.0. The van der Waals surface area contributed by atoms with Crippen molar-refractivity contribution in [2.24, 2.45) is 0 Å². The average molecular weight is 280 g/mol. The van der Waals surface area contributed by atoms with E-state index in [0.29, 0.717) is 0 Å². The second-order valence-corrected chi connectivity index (χ2v) is 5.37. The predicted molar refractivity (Wildman–Crippen MR) is 73.2 cm³/mol. The Labute approximate surface area is 113 Å². The van der Waals surface area contributed by atoms with E-state index in [1.54, 1.807) is 11.3 Å². The summed E-state index contributed by atoms with van der Waals surface area (Å²) in [7, 11) is 1.33. The molecule has 0 fully saturated rings. The number of carbonyl (C=O) groups excluding carboxylic acids is 2. The van der Waals surface area contributed by atoms with Crippen molar-refractivity contribution in [2.75, 3.05) is 7.11 Å². The molecule has 0 N–H and O–H groups in total. The van der Waals surface area contributed by atoms with Crippen LogP contribution in [0.5, 0.6) is 0 Å². The standard InChI is InChI=1S/C13H12O3S2/c1-16-12(15)3-2-11(14)13-10(5-7-18-13)9-4-6-17-8-9/h4-8H,2-3H2,1H3. The maximum Gasteiger partial charge on any atom is 0.305 e. The monoisotopic (exact) mass is 280 g/mol. The molecule has 2 rings (SSSR count). The molecule has 18 heavy (non-hydrogen) atoms. The van der Waals surface area contributed by atoms with Crippen LogP contribution in [-0.4, -0.2) is 18.9 Å². The molecule has 0 atom stereocenters. The lowest BCUT2D eigenvalue weighted by molar-refractivity contribution is -0.140. The van der Waals surface area contributed by atoms with E-state index in [-0.39, 0.29) is 24.6 Å². The summed E-state index contributed by atoms with van der Waals surface area (Å²) in [5.74, 6) is -0.353. The van der Waals surface area contributed by atoms with Gasteiger partial charge in [0.2, 0.25) is 0 Å². The first-order chi connectivity index (χ1) is 8.72. The fraction of sp³-hybridized carbons (Fsp3) is 0.231. The molecule has 5 heteroatoms. The third-order valence-corrected chi connectivity index (χ3v) is 4.17. The molecule has 0 aliphatic rings. The number of hydrogen-bond donors (Lipinski definition) is 0. The van der Waals surface area contributed by atoms with Crippen LogP contribution in [0.15, 0.2) is 28.3 Å². The highest BCUT2D eigenvalue weighted by Crippen LogP contribution is 2.31. The molecule has 0 radical (unpaired) electrons. The van der Waals surface area contributed by atoms with Gasteiger partial charge in [-0.15, -0.1) is 11.3 Å². The fourth-order valence-electron chi connectivity index (χ4n) is 1.60. The van der Waals surface area contributed by atoms with E-state index in [0.717, 1.165) is 16.0 Å². The van der Waals surface area contributed by atoms with Crippen molar-refractivity contribution in [3.63, 3.8) is 0 Å². The zero-order valence-corrected chi connectivity index (χ0v) is 11.5. The van der Waals surface area contributed by atoms with Crippen LogP contribution >= 0.6 is 22.7 Å². The molecule has 0 saturated carbocycles. The van der Waals surface area contributed by atoms with Crippen molar-refractivity contribution in [2.45, 2.75) is 12.8 Å². The molecular weight excluding hydrogens is 268 g/mol. The molecule has 0 saturated heterocycles. The molecule has 2 heterocycles. The van der Waals surface area contributed by atoms with Crippen LogP contribution < -0.4 is 0 Å². The Morgan fingerprint density at radius 3 is 2.72 bits per heavy atom. The van der Waals surface area contributed by atoms with Gasteiger partial charge in [0.1, 0.15) is 0 Å². The van der Waals surface area contributed by atoms with Crippen LogP contribution in [-0.2, 0) is 9.53 Å². The van der Waals surface area contributed by atoms with Crippen LogP contribution in [0.25, 0.3) is 11.1 Å². The van der Waals surface area contributed by atoms with Gasteiger partial charge in [-0.25, -0.2) is 0 Å². The minimum Gasteiger partial charge on any atom is -0.469 e. The second kappa shape index (κ2) is 5.93. The molecule has 0 amide bonds. The first kappa shape index (κ1) is 13.0. The normalized spacial score (nSPS) is 10.3. The highest BCUT2D eigenvalue weighted by Gasteiger charge is 2.16. The summed E-state index contributed by atoms with van der Waals surface area (Å²) in [5, 5.41) is 5.90. The summed E-state index contributed by atoms with van der Waals surface area (Å²) in [6, 6.07) is 3.93. The summed E-state index contributed by atoms with van der Waals surface area (Å²) in [6.07, 6.45) is 0.334. The SMILES string of the molecule is COC(=O)CCC(=O)c1sccc1-c1ccsc1. The molecule has 2 aromatic heterocycles. The number of ether oxygens (including phenoxy) is 1. The van der Waals surface area contributed by atoms with Gasteiger partial charge in [-0.1, -0.05) is 0 Å². The van der Waals surface area contributed by atoms with Crippen LogP contribution in [0, 0.1) is 0 Å². The van der Waals surface area contributed by atoms with Gasteiger partial charge in [0.25, 0.3) is 0 Å². The van der Waals surface area contributed by atoms with E-state index < -0.39 is 0 Å². The lowest BCUT2D eigenvalue weighted by Crippen LogP contribution is -2.05. The van der Waals surface area contributed by atoms with E-state index in [2.05, 4.69) is 4.74 Å². The molecule has 2 aromatic rings. The van der Waals surface area contributed by atoms with Crippen LogP contribution in [0.1, 0.15) is 22.5 Å². The second-order valence-electron chi connectivity index (χ2n) is 3.67. The van der Waals surface area contributed by atoms with Gasteiger partial charge in [-0.05, 0) is 33.8 Å². The number of rotatable bonds is 5. The van der Waals surface area contributed by atoms with Crippen molar-refractivity contribution in [1.29, 1.82) is 0 Å². The zero-order valence-electron chi connectivity index (χ0n) is 9.84. The summed E-state index contributed by atoms with van der Waals surface area (Å²) in [6.45, 7) is 0. The first-order valence-electron chi connectivity index (χ1n) is 5.42. The fourth-order valence-corrected chi connectivity index (χ4v) is 3.14. The van der Waals surface area contributed by atoms with Gasteiger partial charge in [0, 0.05) is 12.0 Å². The maximum atomic E-state index is 12.0. The highest BCUT2D eigenvalue weighted by molar-refractivity contribution is 7.12. The number of thiophene rings is 2. The minimum absolute atomic E-state index is 0.00315. The third-order valence-electron chi connectivity index (χ3n) is 2.53. The maximum absolute atomic E-state index is 12.0. The highest BCUT2D eigenvalue weighted by atomic mass is 32.1. The van der Waals surface area contributed by atoms with Crippen molar-refractivity contribution >= 4 is 34.4 Å². The Kier molecular flexibility index (Phi) is 4.28. The van der Waals surface area contributed by atoms with E-state index >= 15 is 0 Å². The Hall–Kier alpha value is -1.46. The average Bonchev–Trinajstić information content (AvgIpc) is 3.04. The van der Waals surface area contributed by atoms with Gasteiger partial charge < -0.3 is 4.74 Å². The Bertz CT molecular complexity index is 540. The minimum atomic E-state index is -0.350. The molecule has 0 bridgehead atoms. The molecule has 94 valence electrons. The Balaban J connectivity index is 2.12. The number of carbonyl (C=O) groups is 2. The van der Waals surface area contributed by atoms with Gasteiger partial charge in [-0.3, -0.25) is 9.59 Å². The van der Waals surface area contributed by atoms with Crippen LogP contribution in [0.2, 0.25) is 0 Å². The van der Waals surface area contributed by atoms with Crippen molar-refractivity contribution in [3.05, 3.63) is 33.2 Å². The van der Waals surface area contributed by atoms with Gasteiger partial charge in [0.05, 0.1) is 18.4 Å². The number of methoxy groups -OCH3 is 1. The third kappa shape index (κ3) is 2.86. The quantitative estimate of drug-likeness (QED) is 0.620. The molecular formula is C13H12O3S2. The largest absolute Gasteiger partial charge is 0.469 e. The van der Waals surface area contributed by atoms with E-state index in [1.165, 1.54) is 18.4 Å². The van der Waals surface area contributed by atoms with Crippen LogP contribution in [0.4, 0.5) is 0 Å². The van der Waals surface area contributed by atoms with Crippen molar-refractivity contribution in [3.8, 4) is 11.1 Å². The predicted octanol–water partition coefficient (Wildman–Crippen LogP) is 3.61. The van der Waals surface area contributed by atoms with Crippen molar-refractivity contribution in [1.82, 2.24) is 0 Å². The van der Waals surface area contributed by atoms with E-state index in [4.69, 9.17) is 0 Å². The topological polar surface area (TPSA) is 43.4 Å². The van der Waals surface area contributed by atoms with Crippen LogP contribution in [0.3, 0.4) is 0 Å². The Morgan fingerprint density at radius 1 is 1.22 bits per heavy atom. The van der Waals surface area contributed by atoms with E-state index in [9.17, 15) is 9.59 Å². The number of hydrogen-bond acceptors (Lipinski definition) is 5. The first-order valence-corrected chi connectivity index (χ1v) is 7.24. The molecule has 0 unspecified atom stereocenters. The molecule has 0 aliphatic heterocycles. The number of Topliss-reactive ketones (excluding diaryl/α,β-unsaturated/α-hetero) is 1. The summed E-state index contributed by atoms with van der Waals surface area (Å²) in [5.41, 5.74) is 2.01. The Morgan fingerprint density at radius 2 is 2.06 bits per heavy atom. The summed E-state index contributed by atoms with van der Waals surface area (Å²) in [4.78, 5) is 23.8. The lowest BCUT2D eigenvalue weighted by atomic mass is 10.1. The van der Waals surface area contributed by atoms with Crippen molar-refractivity contribution < 1.29 is 14.3 Å². The summed E-state index contributed by atoms with van der Waals surface area (Å²) >= 11 is 3.02. The molecule has 0 aromatic carbocycles. The smallest absolute Gasteiger partial charge is 0.305 e.